The molecule has 0 unspecified atom stereocenters. The number of benzene rings is 2. The first-order valence-electron chi connectivity index (χ1n) is 7.24. The highest BCUT2D eigenvalue weighted by Crippen LogP contribution is 2.32. The number of carbonyl (C=O) groups excluding carboxylic acids is 1. The maximum absolute atomic E-state index is 12.5. The van der Waals surface area contributed by atoms with Gasteiger partial charge in [0.15, 0.2) is 11.5 Å². The van der Waals surface area contributed by atoms with Gasteiger partial charge >= 0.3 is 0 Å². The van der Waals surface area contributed by atoms with Crippen molar-refractivity contribution in [3.63, 3.8) is 0 Å². The van der Waals surface area contributed by atoms with E-state index >= 15 is 0 Å². The van der Waals surface area contributed by atoms with Gasteiger partial charge in [-0.25, -0.2) is 8.42 Å². The van der Waals surface area contributed by atoms with E-state index in [4.69, 9.17) is 9.47 Å². The van der Waals surface area contributed by atoms with Crippen molar-refractivity contribution in [2.24, 2.45) is 0 Å². The van der Waals surface area contributed by atoms with E-state index in [9.17, 15) is 13.2 Å². The zero-order valence-electron chi connectivity index (χ0n) is 12.9. The van der Waals surface area contributed by atoms with Gasteiger partial charge in [0.2, 0.25) is 5.91 Å². The van der Waals surface area contributed by atoms with Crippen LogP contribution in [0.2, 0.25) is 0 Å². The van der Waals surface area contributed by atoms with Gasteiger partial charge in [-0.2, -0.15) is 0 Å². The standard InChI is InChI=1S/C16H16N2O5S/c1-11(19)17-12-3-2-4-13(9-12)18-24(20,21)14-5-6-15-16(10-14)23-8-7-22-15/h2-6,9-10,18H,7-8H2,1H3,(H,17,19). The van der Waals surface area contributed by atoms with Crippen molar-refractivity contribution in [2.45, 2.75) is 11.8 Å². The van der Waals surface area contributed by atoms with Crippen LogP contribution in [0.1, 0.15) is 6.92 Å². The van der Waals surface area contributed by atoms with Crippen molar-refractivity contribution in [3.05, 3.63) is 42.5 Å². The largest absolute Gasteiger partial charge is 0.486 e. The lowest BCUT2D eigenvalue weighted by Gasteiger charge is -2.19. The number of nitrogens with one attached hydrogen (secondary N) is 2. The summed E-state index contributed by atoms with van der Waals surface area (Å²) in [5.74, 6) is 0.686. The van der Waals surface area contributed by atoms with E-state index in [1.165, 1.54) is 25.1 Å². The molecule has 3 rings (SSSR count). The third kappa shape index (κ3) is 3.60. The Hall–Kier alpha value is -2.74. The Morgan fingerprint density at radius 1 is 1.00 bits per heavy atom. The average Bonchev–Trinajstić information content (AvgIpc) is 2.53. The molecule has 7 nitrogen and oxygen atoms in total. The fraction of sp³-hybridized carbons (Fsp3) is 0.188. The zero-order chi connectivity index (χ0) is 17.2. The van der Waals surface area contributed by atoms with E-state index < -0.39 is 10.0 Å². The maximum atomic E-state index is 12.5. The number of anilines is 2. The molecule has 0 spiro atoms. The minimum atomic E-state index is -3.79. The fourth-order valence-corrected chi connectivity index (χ4v) is 3.33. The van der Waals surface area contributed by atoms with Crippen LogP contribution in [0.4, 0.5) is 11.4 Å². The van der Waals surface area contributed by atoms with Gasteiger partial charge < -0.3 is 14.8 Å². The van der Waals surface area contributed by atoms with Gasteiger partial charge in [0.25, 0.3) is 10.0 Å². The molecule has 2 N–H and O–H groups in total. The van der Waals surface area contributed by atoms with Crippen LogP contribution in [-0.4, -0.2) is 27.5 Å². The first-order chi connectivity index (χ1) is 11.4. The van der Waals surface area contributed by atoms with Crippen molar-refractivity contribution in [1.82, 2.24) is 0 Å². The van der Waals surface area contributed by atoms with Crippen LogP contribution in [0, 0.1) is 0 Å². The number of hydrogen-bond donors (Lipinski definition) is 2. The van der Waals surface area contributed by atoms with Crippen molar-refractivity contribution >= 4 is 27.3 Å². The SMILES string of the molecule is CC(=O)Nc1cccc(NS(=O)(=O)c2ccc3c(c2)OCCO3)c1. The van der Waals surface area contributed by atoms with Crippen LogP contribution >= 0.6 is 0 Å². The molecule has 0 atom stereocenters. The molecule has 2 aromatic carbocycles. The molecule has 1 amide bonds. The first kappa shape index (κ1) is 16.1. The second-order valence-electron chi connectivity index (χ2n) is 5.17. The van der Waals surface area contributed by atoms with E-state index in [0.717, 1.165) is 0 Å². The Morgan fingerprint density at radius 2 is 1.71 bits per heavy atom. The molecule has 0 radical (unpaired) electrons. The second-order valence-corrected chi connectivity index (χ2v) is 6.86. The summed E-state index contributed by atoms with van der Waals surface area (Å²) in [5.41, 5.74) is 0.848. The summed E-state index contributed by atoms with van der Waals surface area (Å²) in [6, 6.07) is 10.9. The van der Waals surface area contributed by atoms with Crippen molar-refractivity contribution in [3.8, 4) is 11.5 Å². The van der Waals surface area contributed by atoms with Gasteiger partial charge in [-0.1, -0.05) is 6.07 Å². The highest BCUT2D eigenvalue weighted by atomic mass is 32.2. The molecular weight excluding hydrogens is 332 g/mol. The Kier molecular flexibility index (Phi) is 4.30. The molecule has 126 valence electrons. The third-order valence-electron chi connectivity index (χ3n) is 3.26. The maximum Gasteiger partial charge on any atom is 0.262 e. The number of sulfonamides is 1. The van der Waals surface area contributed by atoms with Gasteiger partial charge in [0.1, 0.15) is 13.2 Å². The lowest BCUT2D eigenvalue weighted by Crippen LogP contribution is -2.17. The molecule has 2 aromatic rings. The van der Waals surface area contributed by atoms with Crippen LogP contribution in [0.25, 0.3) is 0 Å². The fourth-order valence-electron chi connectivity index (χ4n) is 2.27. The Bertz CT molecular complexity index is 880. The summed E-state index contributed by atoms with van der Waals surface area (Å²) < 4.78 is 38.3. The van der Waals surface area contributed by atoms with Crippen LogP contribution < -0.4 is 19.5 Å². The third-order valence-corrected chi connectivity index (χ3v) is 4.64. The molecule has 0 aromatic heterocycles. The Labute approximate surface area is 139 Å². The zero-order valence-corrected chi connectivity index (χ0v) is 13.7. The van der Waals surface area contributed by atoms with Gasteiger partial charge in [-0.3, -0.25) is 9.52 Å². The number of fused-ring (bicyclic) bond motifs is 1. The van der Waals surface area contributed by atoms with Crippen molar-refractivity contribution in [2.75, 3.05) is 23.3 Å². The predicted octanol–water partition coefficient (Wildman–Crippen LogP) is 2.22. The van der Waals surface area contributed by atoms with Crippen LogP contribution in [0.3, 0.4) is 0 Å². The summed E-state index contributed by atoms with van der Waals surface area (Å²) in [6.45, 7) is 2.20. The Morgan fingerprint density at radius 3 is 2.46 bits per heavy atom. The quantitative estimate of drug-likeness (QED) is 0.884. The van der Waals surface area contributed by atoms with Crippen molar-refractivity contribution in [1.29, 1.82) is 0 Å². The Balaban J connectivity index is 1.85. The lowest BCUT2D eigenvalue weighted by atomic mass is 10.3. The molecule has 1 heterocycles. The van der Waals surface area contributed by atoms with E-state index in [0.29, 0.717) is 36.1 Å². The molecule has 1 aliphatic rings. The average molecular weight is 348 g/mol. The minimum Gasteiger partial charge on any atom is -0.486 e. The van der Waals surface area contributed by atoms with Gasteiger partial charge in [0.05, 0.1) is 10.6 Å². The predicted molar refractivity (Wildman–Crippen MR) is 89.0 cm³/mol. The van der Waals surface area contributed by atoms with Crippen LogP contribution in [0.5, 0.6) is 11.5 Å². The van der Waals surface area contributed by atoms with E-state index in [1.807, 2.05) is 0 Å². The van der Waals surface area contributed by atoms with Crippen LogP contribution in [0.15, 0.2) is 47.4 Å². The lowest BCUT2D eigenvalue weighted by molar-refractivity contribution is -0.114. The summed E-state index contributed by atoms with van der Waals surface area (Å²) >= 11 is 0. The van der Waals surface area contributed by atoms with Gasteiger partial charge in [-0.15, -0.1) is 0 Å². The number of rotatable bonds is 4. The number of amides is 1. The summed E-state index contributed by atoms with van der Waals surface area (Å²) in [4.78, 5) is 11.2. The highest BCUT2D eigenvalue weighted by molar-refractivity contribution is 7.92. The van der Waals surface area contributed by atoms with Crippen LogP contribution in [-0.2, 0) is 14.8 Å². The highest BCUT2D eigenvalue weighted by Gasteiger charge is 2.19. The summed E-state index contributed by atoms with van der Waals surface area (Å²) in [6.07, 6.45) is 0. The van der Waals surface area contributed by atoms with E-state index in [-0.39, 0.29) is 10.8 Å². The van der Waals surface area contributed by atoms with E-state index in [2.05, 4.69) is 10.0 Å². The van der Waals surface area contributed by atoms with E-state index in [1.54, 1.807) is 24.3 Å². The molecule has 0 saturated carbocycles. The first-order valence-corrected chi connectivity index (χ1v) is 8.72. The summed E-state index contributed by atoms with van der Waals surface area (Å²) in [7, 11) is -3.79. The van der Waals surface area contributed by atoms with Crippen molar-refractivity contribution < 1.29 is 22.7 Å². The monoisotopic (exact) mass is 348 g/mol. The molecule has 8 heteroatoms. The van der Waals surface area contributed by atoms with Gasteiger partial charge in [-0.05, 0) is 30.3 Å². The smallest absolute Gasteiger partial charge is 0.262 e. The topological polar surface area (TPSA) is 93.7 Å². The number of carbonyl (C=O) groups is 1. The summed E-state index contributed by atoms with van der Waals surface area (Å²) in [5, 5.41) is 2.60. The molecule has 1 aliphatic heterocycles. The molecule has 0 aliphatic carbocycles. The number of ether oxygens (including phenoxy) is 2. The second kappa shape index (κ2) is 6.40. The molecule has 24 heavy (non-hydrogen) atoms. The number of hydrogen-bond acceptors (Lipinski definition) is 5. The molecule has 0 saturated heterocycles. The molecule has 0 fully saturated rings. The molecule has 0 bridgehead atoms. The minimum absolute atomic E-state index is 0.0664. The molecular formula is C16H16N2O5S. The van der Waals surface area contributed by atoms with Gasteiger partial charge in [0, 0.05) is 18.7 Å². The normalized spacial score (nSPS) is 13.2.